The van der Waals surface area contributed by atoms with Crippen LogP contribution in [0.4, 0.5) is 0 Å². The maximum absolute atomic E-state index is 13.1. The molecule has 1 fully saturated rings. The average Bonchev–Trinajstić information content (AvgIpc) is 3.28. The van der Waals surface area contributed by atoms with E-state index in [0.29, 0.717) is 12.8 Å². The van der Waals surface area contributed by atoms with E-state index in [2.05, 4.69) is 19.2 Å². The number of aliphatic hydroxyl groups is 6. The SMILES string of the molecule is CCCCCCCCCCCCCCCCCCCCCCCCCCCCC(=O)N[C@@H](/C=C/[C@H]1OC(CO)[C@H](O)[C@H](O)C1O)[C@H](O)[C@H](O)CCCCCCCCCCCCCC. The van der Waals surface area contributed by atoms with Crippen molar-refractivity contribution in [3.05, 3.63) is 12.2 Å². The van der Waals surface area contributed by atoms with Gasteiger partial charge in [-0.3, -0.25) is 4.79 Å². The van der Waals surface area contributed by atoms with Crippen molar-refractivity contribution in [2.75, 3.05) is 6.61 Å². The van der Waals surface area contributed by atoms with Crippen LogP contribution in [-0.2, 0) is 9.53 Å². The van der Waals surface area contributed by atoms with Gasteiger partial charge in [-0.1, -0.05) is 264 Å². The van der Waals surface area contributed by atoms with E-state index in [1.807, 2.05) is 0 Å². The maximum Gasteiger partial charge on any atom is 0.220 e. The minimum Gasteiger partial charge on any atom is -0.394 e. The first-order valence-corrected chi connectivity index (χ1v) is 27.4. The second-order valence-corrected chi connectivity index (χ2v) is 19.6. The molecule has 0 aromatic heterocycles. The molecule has 1 rings (SSSR count). The summed E-state index contributed by atoms with van der Waals surface area (Å²) in [5.74, 6) is -0.223. The summed E-state index contributed by atoms with van der Waals surface area (Å²) in [6, 6.07) is -0.943. The average molecular weight is 896 g/mol. The molecular formula is C54H105NO8. The number of hydrogen-bond donors (Lipinski definition) is 7. The number of nitrogens with one attached hydrogen (secondary N) is 1. The molecule has 1 amide bonds. The summed E-state index contributed by atoms with van der Waals surface area (Å²) in [6.07, 6.45) is 43.7. The summed E-state index contributed by atoms with van der Waals surface area (Å²) >= 11 is 0. The maximum atomic E-state index is 13.1. The Balaban J connectivity index is 2.23. The number of carbonyl (C=O) groups excluding carboxylic acids is 1. The molecule has 1 aliphatic heterocycles. The van der Waals surface area contributed by atoms with Crippen molar-refractivity contribution in [2.24, 2.45) is 0 Å². The van der Waals surface area contributed by atoms with Crippen LogP contribution in [0.25, 0.3) is 0 Å². The van der Waals surface area contributed by atoms with Gasteiger partial charge in [0.05, 0.1) is 18.8 Å². The number of ether oxygens (including phenoxy) is 1. The van der Waals surface area contributed by atoms with Crippen LogP contribution in [0.5, 0.6) is 0 Å². The Hall–Kier alpha value is -1.07. The van der Waals surface area contributed by atoms with Crippen LogP contribution in [0.3, 0.4) is 0 Å². The fraction of sp³-hybridized carbons (Fsp3) is 0.944. The van der Waals surface area contributed by atoms with Crippen molar-refractivity contribution in [1.82, 2.24) is 5.32 Å². The Morgan fingerprint density at radius 2 is 0.825 bits per heavy atom. The zero-order chi connectivity index (χ0) is 46.0. The van der Waals surface area contributed by atoms with Crippen LogP contribution in [0.2, 0.25) is 0 Å². The van der Waals surface area contributed by atoms with Gasteiger partial charge in [0.1, 0.15) is 36.6 Å². The van der Waals surface area contributed by atoms with Gasteiger partial charge in [-0.05, 0) is 12.8 Å². The Morgan fingerprint density at radius 3 is 1.17 bits per heavy atom. The first-order valence-electron chi connectivity index (χ1n) is 27.4. The molecule has 0 saturated carbocycles. The highest BCUT2D eigenvalue weighted by Gasteiger charge is 2.42. The smallest absolute Gasteiger partial charge is 0.220 e. The number of unbranched alkanes of at least 4 members (excludes halogenated alkanes) is 36. The number of rotatable bonds is 46. The van der Waals surface area contributed by atoms with E-state index in [-0.39, 0.29) is 5.91 Å². The number of aliphatic hydroxyl groups excluding tert-OH is 6. The van der Waals surface area contributed by atoms with Crippen LogP contribution in [0.15, 0.2) is 12.2 Å². The van der Waals surface area contributed by atoms with Crippen molar-refractivity contribution in [3.8, 4) is 0 Å². The molecule has 9 nitrogen and oxygen atoms in total. The lowest BCUT2D eigenvalue weighted by Crippen LogP contribution is -2.58. The van der Waals surface area contributed by atoms with Gasteiger partial charge in [0.2, 0.25) is 5.91 Å². The quantitative estimate of drug-likeness (QED) is 0.0235. The first-order chi connectivity index (χ1) is 30.8. The molecule has 7 N–H and O–H groups in total. The molecule has 63 heavy (non-hydrogen) atoms. The van der Waals surface area contributed by atoms with Gasteiger partial charge in [-0.2, -0.15) is 0 Å². The molecular weight excluding hydrogens is 791 g/mol. The van der Waals surface area contributed by atoms with E-state index in [4.69, 9.17) is 4.74 Å². The van der Waals surface area contributed by atoms with Crippen LogP contribution >= 0.6 is 0 Å². The molecule has 1 aliphatic rings. The van der Waals surface area contributed by atoms with Gasteiger partial charge in [0.15, 0.2) is 0 Å². The van der Waals surface area contributed by atoms with Gasteiger partial charge in [0, 0.05) is 6.42 Å². The standard InChI is InChI=1S/C54H105NO8/c1-3-5-7-9-11-13-15-17-18-19-20-21-22-23-24-25-26-27-28-29-30-32-34-36-38-40-42-50(58)55-46(43-44-48-52(60)54(62)53(61)49(45-56)63-48)51(59)47(57)41-39-37-35-33-31-16-14-12-10-8-6-4-2/h43-44,46-49,51-54,56-57,59-62H,3-42,45H2,1-2H3,(H,55,58)/b44-43+/t46-,47+,48+,49?,51-,52?,53-,54+/m0/s1. The minimum absolute atomic E-state index is 0.223. The fourth-order valence-electron chi connectivity index (χ4n) is 9.23. The number of amides is 1. The van der Waals surface area contributed by atoms with Crippen molar-refractivity contribution in [2.45, 2.75) is 319 Å². The third-order valence-electron chi connectivity index (χ3n) is 13.6. The minimum atomic E-state index is -1.53. The molecule has 0 spiro atoms. The molecule has 0 aromatic rings. The Bertz CT molecular complexity index is 1010. The summed E-state index contributed by atoms with van der Waals surface area (Å²) in [6.45, 7) is 3.99. The van der Waals surface area contributed by atoms with Gasteiger partial charge >= 0.3 is 0 Å². The molecule has 9 heteroatoms. The van der Waals surface area contributed by atoms with E-state index in [0.717, 1.165) is 38.5 Å². The van der Waals surface area contributed by atoms with Crippen molar-refractivity contribution in [1.29, 1.82) is 0 Å². The lowest BCUT2D eigenvalue weighted by molar-refractivity contribution is -0.216. The monoisotopic (exact) mass is 896 g/mol. The summed E-state index contributed by atoms with van der Waals surface area (Å²) in [7, 11) is 0. The predicted octanol–water partition coefficient (Wildman–Crippen LogP) is 12.2. The molecule has 0 bridgehead atoms. The summed E-state index contributed by atoms with van der Waals surface area (Å²) in [4.78, 5) is 13.1. The Labute approximate surface area is 388 Å². The molecule has 0 radical (unpaired) electrons. The summed E-state index contributed by atoms with van der Waals surface area (Å²) in [5, 5.41) is 65.6. The summed E-state index contributed by atoms with van der Waals surface area (Å²) in [5.41, 5.74) is 0. The van der Waals surface area contributed by atoms with Crippen LogP contribution in [-0.4, -0.2) is 91.9 Å². The zero-order valence-corrected chi connectivity index (χ0v) is 41.3. The molecule has 1 heterocycles. The normalized spacial score (nSPS) is 20.7. The summed E-state index contributed by atoms with van der Waals surface area (Å²) < 4.78 is 5.61. The van der Waals surface area contributed by atoms with E-state index >= 15 is 0 Å². The van der Waals surface area contributed by atoms with Gasteiger partial charge in [-0.25, -0.2) is 0 Å². The second-order valence-electron chi connectivity index (χ2n) is 19.6. The van der Waals surface area contributed by atoms with Gasteiger partial charge in [0.25, 0.3) is 0 Å². The van der Waals surface area contributed by atoms with E-state index in [1.54, 1.807) is 0 Å². The topological polar surface area (TPSA) is 160 Å². The molecule has 8 atom stereocenters. The van der Waals surface area contributed by atoms with Crippen molar-refractivity contribution < 1.29 is 40.2 Å². The largest absolute Gasteiger partial charge is 0.394 e. The number of carbonyl (C=O) groups is 1. The van der Waals surface area contributed by atoms with Gasteiger partial charge in [-0.15, -0.1) is 0 Å². The molecule has 1 saturated heterocycles. The second kappa shape index (κ2) is 43.5. The lowest BCUT2D eigenvalue weighted by atomic mass is 9.93. The third kappa shape index (κ3) is 33.1. The van der Waals surface area contributed by atoms with Gasteiger partial charge < -0.3 is 40.7 Å². The molecule has 374 valence electrons. The van der Waals surface area contributed by atoms with Crippen molar-refractivity contribution >= 4 is 5.91 Å². The lowest BCUT2D eigenvalue weighted by Gasteiger charge is -2.39. The first kappa shape index (κ1) is 59.9. The Kier molecular flexibility index (Phi) is 41.4. The molecule has 2 unspecified atom stereocenters. The van der Waals surface area contributed by atoms with Crippen LogP contribution < -0.4 is 5.32 Å². The van der Waals surface area contributed by atoms with E-state index < -0.39 is 55.4 Å². The van der Waals surface area contributed by atoms with Crippen LogP contribution in [0, 0.1) is 0 Å². The van der Waals surface area contributed by atoms with Crippen molar-refractivity contribution in [3.63, 3.8) is 0 Å². The highest BCUT2D eigenvalue weighted by Crippen LogP contribution is 2.23. The third-order valence-corrected chi connectivity index (χ3v) is 13.6. The number of hydrogen-bond acceptors (Lipinski definition) is 8. The molecule has 0 aromatic carbocycles. The molecule has 0 aliphatic carbocycles. The highest BCUT2D eigenvalue weighted by atomic mass is 16.5. The predicted molar refractivity (Wildman–Crippen MR) is 263 cm³/mol. The van der Waals surface area contributed by atoms with Crippen LogP contribution in [0.1, 0.15) is 271 Å². The Morgan fingerprint density at radius 1 is 0.492 bits per heavy atom. The van der Waals surface area contributed by atoms with E-state index in [9.17, 15) is 35.4 Å². The van der Waals surface area contributed by atoms with E-state index in [1.165, 1.54) is 218 Å². The zero-order valence-electron chi connectivity index (χ0n) is 41.3. The highest BCUT2D eigenvalue weighted by molar-refractivity contribution is 5.76. The fourth-order valence-corrected chi connectivity index (χ4v) is 9.23.